The summed E-state index contributed by atoms with van der Waals surface area (Å²) in [6.07, 6.45) is 3.74. The molecule has 1 aliphatic heterocycles. The van der Waals surface area contributed by atoms with Gasteiger partial charge in [-0.05, 0) is 37.8 Å². The average Bonchev–Trinajstić information content (AvgIpc) is 3.30. The molecule has 3 aromatic rings. The first-order valence-electron chi connectivity index (χ1n) is 10.2. The fourth-order valence-corrected chi connectivity index (χ4v) is 3.89. The van der Waals surface area contributed by atoms with Crippen LogP contribution < -0.4 is 5.73 Å². The number of pyridine rings is 1. The summed E-state index contributed by atoms with van der Waals surface area (Å²) in [4.78, 5) is 19.2. The number of fused-ring (bicyclic) bond motifs is 1. The van der Waals surface area contributed by atoms with E-state index in [0.29, 0.717) is 30.7 Å². The third-order valence-electron chi connectivity index (χ3n) is 5.66. The Kier molecular flexibility index (Phi) is 5.31. The molecule has 2 N–H and O–H groups in total. The van der Waals surface area contributed by atoms with Crippen molar-refractivity contribution in [3.63, 3.8) is 0 Å². The van der Waals surface area contributed by atoms with Crippen molar-refractivity contribution in [3.8, 4) is 0 Å². The van der Waals surface area contributed by atoms with Crippen molar-refractivity contribution in [1.82, 2.24) is 34.3 Å². The molecule has 29 heavy (non-hydrogen) atoms. The number of hydrogen-bond acceptors (Lipinski definition) is 6. The number of nitrogens with zero attached hydrogens (tertiary/aromatic N) is 7. The van der Waals surface area contributed by atoms with Crippen molar-refractivity contribution in [2.75, 3.05) is 13.1 Å². The van der Waals surface area contributed by atoms with Crippen LogP contribution in [0.2, 0.25) is 0 Å². The summed E-state index contributed by atoms with van der Waals surface area (Å²) in [7, 11) is 0. The Morgan fingerprint density at radius 1 is 1.24 bits per heavy atom. The van der Waals surface area contributed by atoms with Gasteiger partial charge in [0.1, 0.15) is 24.0 Å². The van der Waals surface area contributed by atoms with Gasteiger partial charge in [-0.3, -0.25) is 9.20 Å². The minimum atomic E-state index is -0.240. The highest BCUT2D eigenvalue weighted by Gasteiger charge is 2.28. The number of rotatable bonds is 5. The summed E-state index contributed by atoms with van der Waals surface area (Å²) in [5.74, 6) is 2.87. The molecule has 1 amide bonds. The van der Waals surface area contributed by atoms with Crippen LogP contribution in [0.25, 0.3) is 5.65 Å². The Morgan fingerprint density at radius 3 is 2.72 bits per heavy atom. The Hall–Kier alpha value is -2.81. The number of amides is 1. The molecule has 1 saturated heterocycles. The number of hydrogen-bond donors (Lipinski definition) is 1. The van der Waals surface area contributed by atoms with Crippen LogP contribution in [-0.4, -0.2) is 53.3 Å². The van der Waals surface area contributed by atoms with E-state index in [1.165, 1.54) is 0 Å². The van der Waals surface area contributed by atoms with Crippen LogP contribution in [0.5, 0.6) is 0 Å². The Morgan fingerprint density at radius 2 is 2.00 bits per heavy atom. The number of nitrogens with two attached hydrogens (primary N) is 1. The molecule has 1 fully saturated rings. The average molecular weight is 396 g/mol. The molecule has 1 atom stereocenters. The van der Waals surface area contributed by atoms with Gasteiger partial charge in [-0.1, -0.05) is 19.9 Å². The van der Waals surface area contributed by atoms with Gasteiger partial charge >= 0.3 is 0 Å². The molecule has 0 bridgehead atoms. The van der Waals surface area contributed by atoms with E-state index in [-0.39, 0.29) is 24.4 Å². The fourth-order valence-electron chi connectivity index (χ4n) is 3.89. The zero-order valence-electron chi connectivity index (χ0n) is 17.2. The molecule has 0 spiro atoms. The summed E-state index contributed by atoms with van der Waals surface area (Å²) < 4.78 is 3.71. The van der Waals surface area contributed by atoms with Crippen molar-refractivity contribution in [2.45, 2.75) is 52.1 Å². The predicted octanol–water partition coefficient (Wildman–Crippen LogP) is 1.69. The van der Waals surface area contributed by atoms with E-state index in [1.807, 2.05) is 54.5 Å². The Labute approximate surface area is 169 Å². The van der Waals surface area contributed by atoms with Crippen molar-refractivity contribution >= 4 is 11.6 Å². The minimum absolute atomic E-state index is 0.0525. The maximum absolute atomic E-state index is 12.9. The molecule has 4 rings (SSSR count). The summed E-state index contributed by atoms with van der Waals surface area (Å²) in [5.41, 5.74) is 7.12. The molecule has 1 aliphatic rings. The standard InChI is InChI=1S/C20H28N8O/c1-13(2)18(21)20-22-14(3)25-28(20)12-17(29)26-10-7-15(8-11-26)19-24-23-16-6-4-5-9-27(16)19/h4-6,9,13,15,18H,7-8,10-12,21H2,1-3H3/t18-/m0/s1. The van der Waals surface area contributed by atoms with Gasteiger partial charge in [0.15, 0.2) is 5.65 Å². The van der Waals surface area contributed by atoms with E-state index in [9.17, 15) is 4.79 Å². The van der Waals surface area contributed by atoms with E-state index in [0.717, 1.165) is 24.3 Å². The highest BCUT2D eigenvalue weighted by Crippen LogP contribution is 2.27. The van der Waals surface area contributed by atoms with Crippen LogP contribution in [0.4, 0.5) is 0 Å². The normalized spacial score (nSPS) is 16.7. The van der Waals surface area contributed by atoms with Crippen molar-refractivity contribution in [3.05, 3.63) is 41.9 Å². The Balaban J connectivity index is 1.41. The largest absolute Gasteiger partial charge is 0.341 e. The van der Waals surface area contributed by atoms with Gasteiger partial charge in [0.2, 0.25) is 5.91 Å². The maximum atomic E-state index is 12.9. The summed E-state index contributed by atoms with van der Waals surface area (Å²) in [6, 6.07) is 5.66. The maximum Gasteiger partial charge on any atom is 0.244 e. The van der Waals surface area contributed by atoms with Crippen LogP contribution in [0.15, 0.2) is 24.4 Å². The van der Waals surface area contributed by atoms with Gasteiger partial charge in [0.25, 0.3) is 0 Å². The second kappa shape index (κ2) is 7.90. The van der Waals surface area contributed by atoms with Crippen LogP contribution in [-0.2, 0) is 11.3 Å². The molecule has 154 valence electrons. The molecule has 3 aromatic heterocycles. The van der Waals surface area contributed by atoms with Crippen LogP contribution >= 0.6 is 0 Å². The lowest BCUT2D eigenvalue weighted by Gasteiger charge is -2.31. The molecule has 0 aliphatic carbocycles. The lowest BCUT2D eigenvalue weighted by atomic mass is 9.96. The van der Waals surface area contributed by atoms with Crippen molar-refractivity contribution in [1.29, 1.82) is 0 Å². The van der Waals surface area contributed by atoms with Gasteiger partial charge in [0.05, 0.1) is 6.04 Å². The van der Waals surface area contributed by atoms with E-state index in [2.05, 4.69) is 20.3 Å². The predicted molar refractivity (Wildman–Crippen MR) is 108 cm³/mol. The first-order chi connectivity index (χ1) is 13.9. The third kappa shape index (κ3) is 3.87. The van der Waals surface area contributed by atoms with Crippen molar-refractivity contribution in [2.24, 2.45) is 11.7 Å². The molecule has 9 nitrogen and oxygen atoms in total. The number of piperidine rings is 1. The molecular weight excluding hydrogens is 368 g/mol. The van der Waals surface area contributed by atoms with Gasteiger partial charge < -0.3 is 10.6 Å². The molecular formula is C20H28N8O. The zero-order valence-corrected chi connectivity index (χ0v) is 17.2. The quantitative estimate of drug-likeness (QED) is 0.703. The summed E-state index contributed by atoms with van der Waals surface area (Å²) in [5, 5.41) is 13.0. The first kappa shape index (κ1) is 19.5. The van der Waals surface area contributed by atoms with Gasteiger partial charge in [0, 0.05) is 25.2 Å². The van der Waals surface area contributed by atoms with E-state index < -0.39 is 0 Å². The Bertz CT molecular complexity index is 999. The number of aromatic nitrogens is 6. The number of carbonyl (C=O) groups excluding carboxylic acids is 1. The first-order valence-corrected chi connectivity index (χ1v) is 10.2. The smallest absolute Gasteiger partial charge is 0.244 e. The monoisotopic (exact) mass is 396 g/mol. The molecule has 0 unspecified atom stereocenters. The van der Waals surface area contributed by atoms with E-state index in [4.69, 9.17) is 5.73 Å². The highest BCUT2D eigenvalue weighted by molar-refractivity contribution is 5.76. The van der Waals surface area contributed by atoms with Crippen molar-refractivity contribution < 1.29 is 4.79 Å². The summed E-state index contributed by atoms with van der Waals surface area (Å²) in [6.45, 7) is 7.48. The molecule has 0 aromatic carbocycles. The fraction of sp³-hybridized carbons (Fsp3) is 0.550. The second-order valence-corrected chi connectivity index (χ2v) is 8.09. The molecule has 9 heteroatoms. The topological polar surface area (TPSA) is 107 Å². The second-order valence-electron chi connectivity index (χ2n) is 8.09. The van der Waals surface area contributed by atoms with Gasteiger partial charge in [-0.25, -0.2) is 9.67 Å². The van der Waals surface area contributed by atoms with E-state index in [1.54, 1.807) is 4.68 Å². The number of carbonyl (C=O) groups is 1. The van der Waals surface area contributed by atoms with Crippen LogP contribution in [0.1, 0.15) is 56.1 Å². The van der Waals surface area contributed by atoms with Crippen LogP contribution in [0, 0.1) is 12.8 Å². The van der Waals surface area contributed by atoms with Gasteiger partial charge in [-0.2, -0.15) is 5.10 Å². The summed E-state index contributed by atoms with van der Waals surface area (Å²) >= 11 is 0. The third-order valence-corrected chi connectivity index (χ3v) is 5.66. The molecule has 4 heterocycles. The minimum Gasteiger partial charge on any atom is -0.341 e. The lowest BCUT2D eigenvalue weighted by Crippen LogP contribution is -2.40. The van der Waals surface area contributed by atoms with E-state index >= 15 is 0 Å². The number of aryl methyl sites for hydroxylation is 1. The molecule has 0 saturated carbocycles. The molecule has 0 radical (unpaired) electrons. The number of likely N-dealkylation sites (tertiary alicyclic amines) is 1. The lowest BCUT2D eigenvalue weighted by molar-refractivity contribution is -0.133. The SMILES string of the molecule is Cc1nc([C@@H](N)C(C)C)n(CC(=O)N2CCC(c3nnc4ccccn34)CC2)n1. The van der Waals surface area contributed by atoms with Crippen LogP contribution in [0.3, 0.4) is 0 Å². The zero-order chi connectivity index (χ0) is 20.5. The highest BCUT2D eigenvalue weighted by atomic mass is 16.2. The van der Waals surface area contributed by atoms with Gasteiger partial charge in [-0.15, -0.1) is 10.2 Å².